The van der Waals surface area contributed by atoms with Gasteiger partial charge in [-0.3, -0.25) is 0 Å². The second-order valence-corrected chi connectivity index (χ2v) is 6.86. The minimum atomic E-state index is -4.42. The molecule has 8 heteroatoms. The van der Waals surface area contributed by atoms with E-state index in [0.29, 0.717) is 25.2 Å². The monoisotopic (exact) mass is 345 g/mol. The zero-order valence-electron chi connectivity index (χ0n) is 13.9. The molecule has 0 aliphatic carbocycles. The number of ether oxygens (including phenoxy) is 1. The number of hydrogen-bond acceptors (Lipinski definition) is 4. The Hall–Kier alpha value is -2.12. The van der Waals surface area contributed by atoms with Crippen molar-refractivity contribution in [2.24, 2.45) is 0 Å². The number of nitrogens with two attached hydrogens (primary N) is 1. The minimum absolute atomic E-state index is 0.0283. The van der Waals surface area contributed by atoms with Gasteiger partial charge in [-0.2, -0.15) is 13.2 Å². The van der Waals surface area contributed by atoms with Crippen molar-refractivity contribution in [1.82, 2.24) is 4.90 Å². The maximum Gasteiger partial charge on any atom is 0.416 e. The number of halogens is 3. The summed E-state index contributed by atoms with van der Waals surface area (Å²) in [7, 11) is 0. The molecule has 3 N–H and O–H groups in total. The Labute approximate surface area is 138 Å². The van der Waals surface area contributed by atoms with Crippen LogP contribution in [0.25, 0.3) is 0 Å². The molecule has 0 spiro atoms. The minimum Gasteiger partial charge on any atom is -0.444 e. The number of amides is 1. The molecule has 1 saturated heterocycles. The van der Waals surface area contributed by atoms with Crippen LogP contribution in [0.4, 0.5) is 29.3 Å². The van der Waals surface area contributed by atoms with Crippen LogP contribution < -0.4 is 11.1 Å². The van der Waals surface area contributed by atoms with Crippen LogP contribution in [0.3, 0.4) is 0 Å². The number of carbonyl (C=O) groups excluding carboxylic acids is 1. The highest BCUT2D eigenvalue weighted by molar-refractivity contribution is 5.70. The molecule has 1 unspecified atom stereocenters. The van der Waals surface area contributed by atoms with Gasteiger partial charge in [0.2, 0.25) is 0 Å². The van der Waals surface area contributed by atoms with Gasteiger partial charge < -0.3 is 20.7 Å². The predicted octanol–water partition coefficient (Wildman–Crippen LogP) is 3.71. The number of alkyl halides is 3. The lowest BCUT2D eigenvalue weighted by atomic mass is 10.1. The van der Waals surface area contributed by atoms with Crippen molar-refractivity contribution in [1.29, 1.82) is 0 Å². The molecule has 0 aromatic heterocycles. The van der Waals surface area contributed by atoms with Gasteiger partial charge in [-0.1, -0.05) is 0 Å². The maximum absolute atomic E-state index is 12.6. The highest BCUT2D eigenvalue weighted by Gasteiger charge is 2.32. The van der Waals surface area contributed by atoms with E-state index >= 15 is 0 Å². The molecule has 0 radical (unpaired) electrons. The number of carbonyl (C=O) groups is 1. The van der Waals surface area contributed by atoms with Crippen molar-refractivity contribution in [2.45, 2.75) is 45.0 Å². The summed E-state index contributed by atoms with van der Waals surface area (Å²) in [6.45, 7) is 6.31. The number of benzene rings is 1. The maximum atomic E-state index is 12.6. The Kier molecular flexibility index (Phi) is 4.87. The van der Waals surface area contributed by atoms with Crippen LogP contribution in [-0.4, -0.2) is 35.7 Å². The van der Waals surface area contributed by atoms with Crippen molar-refractivity contribution >= 4 is 17.5 Å². The van der Waals surface area contributed by atoms with Crippen LogP contribution in [0.2, 0.25) is 0 Å². The van der Waals surface area contributed by atoms with Crippen LogP contribution in [-0.2, 0) is 10.9 Å². The van der Waals surface area contributed by atoms with Crippen molar-refractivity contribution in [3.05, 3.63) is 23.8 Å². The number of nitrogen functional groups attached to an aromatic ring is 1. The van der Waals surface area contributed by atoms with Crippen LogP contribution in [0.1, 0.15) is 32.8 Å². The van der Waals surface area contributed by atoms with Gasteiger partial charge in [-0.25, -0.2) is 4.79 Å². The number of rotatable bonds is 2. The van der Waals surface area contributed by atoms with E-state index in [1.54, 1.807) is 25.7 Å². The quantitative estimate of drug-likeness (QED) is 0.802. The third kappa shape index (κ3) is 4.69. The molecule has 1 aliphatic rings. The molecule has 1 amide bonds. The van der Waals surface area contributed by atoms with Crippen molar-refractivity contribution in [2.75, 3.05) is 24.1 Å². The molecular formula is C16H22F3N3O2. The summed E-state index contributed by atoms with van der Waals surface area (Å²) in [4.78, 5) is 13.6. The van der Waals surface area contributed by atoms with Gasteiger partial charge in [0.05, 0.1) is 16.9 Å². The lowest BCUT2D eigenvalue weighted by Crippen LogP contribution is -2.36. The molecule has 1 aromatic rings. The van der Waals surface area contributed by atoms with Gasteiger partial charge in [-0.05, 0) is 45.4 Å². The van der Waals surface area contributed by atoms with Crippen molar-refractivity contribution in [3.63, 3.8) is 0 Å². The fourth-order valence-corrected chi connectivity index (χ4v) is 2.46. The van der Waals surface area contributed by atoms with E-state index in [2.05, 4.69) is 5.32 Å². The molecule has 134 valence electrons. The zero-order valence-corrected chi connectivity index (χ0v) is 13.9. The van der Waals surface area contributed by atoms with E-state index in [4.69, 9.17) is 10.5 Å². The molecule has 24 heavy (non-hydrogen) atoms. The first-order valence-electron chi connectivity index (χ1n) is 7.67. The van der Waals surface area contributed by atoms with Crippen LogP contribution in [0, 0.1) is 0 Å². The van der Waals surface area contributed by atoms with Gasteiger partial charge in [0, 0.05) is 19.1 Å². The summed E-state index contributed by atoms with van der Waals surface area (Å²) in [5, 5.41) is 3.09. The normalized spacial score (nSPS) is 18.6. The van der Waals surface area contributed by atoms with Crippen LogP contribution >= 0.6 is 0 Å². The van der Waals surface area contributed by atoms with E-state index in [0.717, 1.165) is 12.1 Å². The number of likely N-dealkylation sites (tertiary alicyclic amines) is 1. The molecule has 1 fully saturated rings. The van der Waals surface area contributed by atoms with Gasteiger partial charge >= 0.3 is 12.3 Å². The molecule has 2 rings (SSSR count). The summed E-state index contributed by atoms with van der Waals surface area (Å²) in [6.07, 6.45) is -4.15. The molecule has 1 atom stereocenters. The fraction of sp³-hybridized carbons (Fsp3) is 0.562. The average molecular weight is 345 g/mol. The third-order valence-corrected chi connectivity index (χ3v) is 3.58. The topological polar surface area (TPSA) is 67.6 Å². The highest BCUT2D eigenvalue weighted by Crippen LogP contribution is 2.33. The first-order valence-corrected chi connectivity index (χ1v) is 7.67. The third-order valence-electron chi connectivity index (χ3n) is 3.58. The standard InChI is InChI=1S/C16H22F3N3O2/c1-15(2,3)24-14(23)22-7-6-11(9-22)21-13-5-4-10(8-12(13)20)16(17,18)19/h4-5,8,11,21H,6-7,9,20H2,1-3H3. The lowest BCUT2D eigenvalue weighted by Gasteiger charge is -2.24. The summed E-state index contributed by atoms with van der Waals surface area (Å²) >= 11 is 0. The van der Waals surface area contributed by atoms with E-state index in [9.17, 15) is 18.0 Å². The summed E-state index contributed by atoms with van der Waals surface area (Å²) in [5.74, 6) is 0. The Balaban J connectivity index is 1.97. The average Bonchev–Trinajstić information content (AvgIpc) is 2.86. The fourth-order valence-electron chi connectivity index (χ4n) is 2.46. The van der Waals surface area contributed by atoms with Crippen molar-refractivity contribution in [3.8, 4) is 0 Å². The first kappa shape index (κ1) is 18.2. The largest absolute Gasteiger partial charge is 0.444 e. The molecule has 1 heterocycles. The zero-order chi connectivity index (χ0) is 18.1. The van der Waals surface area contributed by atoms with E-state index in [1.165, 1.54) is 6.07 Å². The SMILES string of the molecule is CC(C)(C)OC(=O)N1CCC(Nc2ccc(C(F)(F)F)cc2N)C1. The molecule has 1 aromatic carbocycles. The van der Waals surface area contributed by atoms with Gasteiger partial charge in [0.25, 0.3) is 0 Å². The van der Waals surface area contributed by atoms with Gasteiger partial charge in [-0.15, -0.1) is 0 Å². The Morgan fingerprint density at radius 3 is 2.54 bits per heavy atom. The van der Waals surface area contributed by atoms with Gasteiger partial charge in [0.1, 0.15) is 5.60 Å². The number of hydrogen-bond donors (Lipinski definition) is 2. The summed E-state index contributed by atoms with van der Waals surface area (Å²) in [5.41, 5.74) is 4.81. The Morgan fingerprint density at radius 1 is 1.33 bits per heavy atom. The second-order valence-electron chi connectivity index (χ2n) is 6.86. The Morgan fingerprint density at radius 2 is 2.00 bits per heavy atom. The van der Waals surface area contributed by atoms with E-state index < -0.39 is 23.4 Å². The first-order chi connectivity index (χ1) is 11.0. The smallest absolute Gasteiger partial charge is 0.416 e. The predicted molar refractivity (Wildman–Crippen MR) is 85.7 cm³/mol. The number of anilines is 2. The van der Waals surface area contributed by atoms with E-state index in [-0.39, 0.29) is 11.7 Å². The molecule has 0 saturated carbocycles. The van der Waals surface area contributed by atoms with Gasteiger partial charge in [0.15, 0.2) is 0 Å². The van der Waals surface area contributed by atoms with Crippen LogP contribution in [0.5, 0.6) is 0 Å². The summed E-state index contributed by atoms with van der Waals surface area (Å²) in [6, 6.07) is 3.12. The Bertz CT molecular complexity index is 612. The molecule has 0 bridgehead atoms. The lowest BCUT2D eigenvalue weighted by molar-refractivity contribution is -0.137. The van der Waals surface area contributed by atoms with E-state index in [1.807, 2.05) is 0 Å². The number of nitrogens with zero attached hydrogens (tertiary/aromatic N) is 1. The van der Waals surface area contributed by atoms with Crippen LogP contribution in [0.15, 0.2) is 18.2 Å². The highest BCUT2D eigenvalue weighted by atomic mass is 19.4. The molecular weight excluding hydrogens is 323 g/mol. The molecule has 1 aliphatic heterocycles. The van der Waals surface area contributed by atoms with Crippen molar-refractivity contribution < 1.29 is 22.7 Å². The number of nitrogens with one attached hydrogen (secondary N) is 1. The molecule has 5 nitrogen and oxygen atoms in total. The summed E-state index contributed by atoms with van der Waals surface area (Å²) < 4.78 is 43.2. The second kappa shape index (κ2) is 6.41.